The zero-order chi connectivity index (χ0) is 20.3. The molecule has 1 heterocycles. The van der Waals surface area contributed by atoms with Gasteiger partial charge in [-0.25, -0.2) is 8.78 Å². The highest BCUT2D eigenvalue weighted by Crippen LogP contribution is 2.26. The van der Waals surface area contributed by atoms with Gasteiger partial charge in [0, 0.05) is 37.8 Å². The van der Waals surface area contributed by atoms with Crippen molar-refractivity contribution in [3.05, 3.63) is 64.1 Å². The molecular weight excluding hydrogens is 430 g/mol. The van der Waals surface area contributed by atoms with Gasteiger partial charge in [0.2, 0.25) is 0 Å². The summed E-state index contributed by atoms with van der Waals surface area (Å²) in [6, 6.07) is 10.8. The van der Waals surface area contributed by atoms with Crippen LogP contribution in [0.25, 0.3) is 0 Å². The highest BCUT2D eigenvalue weighted by Gasteiger charge is 2.32. The van der Waals surface area contributed by atoms with Crippen molar-refractivity contribution in [2.24, 2.45) is 0 Å². The van der Waals surface area contributed by atoms with Crippen molar-refractivity contribution >= 4 is 21.8 Å². The van der Waals surface area contributed by atoms with Gasteiger partial charge in [-0.1, -0.05) is 12.1 Å². The van der Waals surface area contributed by atoms with E-state index in [4.69, 9.17) is 4.74 Å². The topological polar surface area (TPSA) is 32.8 Å². The molecule has 1 aliphatic rings. The largest absolute Gasteiger partial charge is 0.482 e. The fourth-order valence-electron chi connectivity index (χ4n) is 3.40. The lowest BCUT2D eigenvalue weighted by atomic mass is 10.1. The molecule has 1 fully saturated rings. The lowest BCUT2D eigenvalue weighted by molar-refractivity contribution is -0.139. The maximum atomic E-state index is 13.4. The predicted octanol–water partition coefficient (Wildman–Crippen LogP) is 4.23. The summed E-state index contributed by atoms with van der Waals surface area (Å²) in [5, 5.41) is 0. The molecule has 4 nitrogen and oxygen atoms in total. The maximum Gasteiger partial charge on any atom is 0.260 e. The van der Waals surface area contributed by atoms with Crippen molar-refractivity contribution in [1.29, 1.82) is 0 Å². The van der Waals surface area contributed by atoms with E-state index in [1.165, 1.54) is 24.3 Å². The lowest BCUT2D eigenvalue weighted by Gasteiger charge is -2.44. The van der Waals surface area contributed by atoms with Crippen LogP contribution in [0.15, 0.2) is 46.9 Å². The van der Waals surface area contributed by atoms with E-state index in [1.807, 2.05) is 6.92 Å². The Kier molecular flexibility index (Phi) is 6.67. The Balaban J connectivity index is 1.57. The summed E-state index contributed by atoms with van der Waals surface area (Å²) in [4.78, 5) is 16.7. The van der Waals surface area contributed by atoms with Crippen molar-refractivity contribution in [2.75, 3.05) is 19.7 Å². The Morgan fingerprint density at radius 1 is 1.07 bits per heavy atom. The first-order valence-electron chi connectivity index (χ1n) is 9.19. The number of carbonyl (C=O) groups is 1. The molecule has 2 aromatic rings. The first-order chi connectivity index (χ1) is 13.3. The van der Waals surface area contributed by atoms with Crippen molar-refractivity contribution in [3.8, 4) is 5.75 Å². The van der Waals surface area contributed by atoms with Gasteiger partial charge in [0.25, 0.3) is 5.91 Å². The molecule has 0 aromatic heterocycles. The van der Waals surface area contributed by atoms with Crippen LogP contribution in [0, 0.1) is 11.6 Å². The van der Waals surface area contributed by atoms with Crippen LogP contribution < -0.4 is 4.74 Å². The Morgan fingerprint density at radius 3 is 2.46 bits per heavy atom. The van der Waals surface area contributed by atoms with E-state index in [2.05, 4.69) is 27.8 Å². The summed E-state index contributed by atoms with van der Waals surface area (Å²) in [7, 11) is 0. The molecule has 1 amide bonds. The second-order valence-corrected chi connectivity index (χ2v) is 8.02. The van der Waals surface area contributed by atoms with Crippen molar-refractivity contribution in [3.63, 3.8) is 0 Å². The third-order valence-corrected chi connectivity index (χ3v) is 5.63. The van der Waals surface area contributed by atoms with Crippen LogP contribution in [0.1, 0.15) is 19.4 Å². The number of amides is 1. The first kappa shape index (κ1) is 20.7. The number of hydrogen-bond donors (Lipinski definition) is 0. The predicted molar refractivity (Wildman–Crippen MR) is 107 cm³/mol. The Hall–Kier alpha value is -1.99. The summed E-state index contributed by atoms with van der Waals surface area (Å²) >= 11 is 3.30. The van der Waals surface area contributed by atoms with Crippen molar-refractivity contribution in [2.45, 2.75) is 32.5 Å². The van der Waals surface area contributed by atoms with Gasteiger partial charge in [-0.2, -0.15) is 0 Å². The van der Waals surface area contributed by atoms with E-state index in [-0.39, 0.29) is 30.4 Å². The molecule has 0 aliphatic carbocycles. The number of benzene rings is 2. The average molecular weight is 453 g/mol. The summed E-state index contributed by atoms with van der Waals surface area (Å²) < 4.78 is 32.6. The minimum atomic E-state index is -0.415. The molecule has 0 radical (unpaired) electrons. The number of rotatable bonds is 5. The standard InChI is InChI=1S/C21H23BrF2N2O2/c1-14-11-26(21(27)13-28-20-9-18(24)7-8-19(20)22)15(2)10-25(14)12-16-3-5-17(23)6-4-16/h3-9,14-15H,10-13H2,1-2H3/t14-,15+/m0/s1. The molecule has 28 heavy (non-hydrogen) atoms. The van der Waals surface area contributed by atoms with Gasteiger partial charge >= 0.3 is 0 Å². The molecule has 150 valence electrons. The van der Waals surface area contributed by atoms with E-state index in [0.29, 0.717) is 29.9 Å². The highest BCUT2D eigenvalue weighted by atomic mass is 79.9. The lowest BCUT2D eigenvalue weighted by Crippen LogP contribution is -2.58. The fraction of sp³-hybridized carbons (Fsp3) is 0.381. The fourth-order valence-corrected chi connectivity index (χ4v) is 3.76. The molecule has 0 bridgehead atoms. The molecular formula is C21H23BrF2N2O2. The quantitative estimate of drug-likeness (QED) is 0.680. The van der Waals surface area contributed by atoms with E-state index in [9.17, 15) is 13.6 Å². The minimum absolute atomic E-state index is 0.0173. The smallest absolute Gasteiger partial charge is 0.260 e. The molecule has 7 heteroatoms. The van der Waals surface area contributed by atoms with Crippen LogP contribution in [0.3, 0.4) is 0 Å². The Morgan fingerprint density at radius 2 is 1.75 bits per heavy atom. The second-order valence-electron chi connectivity index (χ2n) is 7.16. The Labute approximate surface area is 172 Å². The number of carbonyl (C=O) groups excluding carboxylic acids is 1. The molecule has 0 unspecified atom stereocenters. The monoisotopic (exact) mass is 452 g/mol. The van der Waals surface area contributed by atoms with Gasteiger partial charge in [0.05, 0.1) is 4.47 Å². The first-order valence-corrected chi connectivity index (χ1v) is 9.98. The van der Waals surface area contributed by atoms with Gasteiger partial charge in [-0.3, -0.25) is 9.69 Å². The zero-order valence-electron chi connectivity index (χ0n) is 15.9. The number of ether oxygens (including phenoxy) is 1. The third-order valence-electron chi connectivity index (χ3n) is 4.98. The SMILES string of the molecule is C[C@@H]1CN(Cc2ccc(F)cc2)[C@@H](C)CN1C(=O)COc1cc(F)ccc1Br. The number of hydrogen-bond acceptors (Lipinski definition) is 3. The zero-order valence-corrected chi connectivity index (χ0v) is 17.5. The third kappa shape index (κ3) is 5.08. The molecule has 1 aliphatic heterocycles. The van der Waals surface area contributed by atoms with E-state index in [1.54, 1.807) is 23.1 Å². The van der Waals surface area contributed by atoms with Crippen LogP contribution >= 0.6 is 15.9 Å². The summed E-state index contributed by atoms with van der Waals surface area (Å²) in [5.74, 6) is -0.478. The van der Waals surface area contributed by atoms with E-state index in [0.717, 1.165) is 5.56 Å². The van der Waals surface area contributed by atoms with Crippen LogP contribution in [0.5, 0.6) is 5.75 Å². The van der Waals surface area contributed by atoms with E-state index < -0.39 is 5.82 Å². The summed E-state index contributed by atoms with van der Waals surface area (Å²) in [6.07, 6.45) is 0. The van der Waals surface area contributed by atoms with Gasteiger partial charge in [0.15, 0.2) is 6.61 Å². The normalized spacial score (nSPS) is 20.2. The number of halogens is 3. The number of piperazine rings is 1. The average Bonchev–Trinajstić information content (AvgIpc) is 2.66. The maximum absolute atomic E-state index is 13.4. The molecule has 2 aromatic carbocycles. The Bertz CT molecular complexity index is 832. The van der Waals surface area contributed by atoms with Gasteiger partial charge < -0.3 is 9.64 Å². The van der Waals surface area contributed by atoms with Crippen molar-refractivity contribution < 1.29 is 18.3 Å². The van der Waals surface area contributed by atoms with Gasteiger partial charge in [-0.15, -0.1) is 0 Å². The molecule has 1 saturated heterocycles. The number of nitrogens with zero attached hydrogens (tertiary/aromatic N) is 2. The van der Waals surface area contributed by atoms with Gasteiger partial charge in [0.1, 0.15) is 17.4 Å². The highest BCUT2D eigenvalue weighted by molar-refractivity contribution is 9.10. The molecule has 0 saturated carbocycles. The van der Waals surface area contributed by atoms with E-state index >= 15 is 0 Å². The summed E-state index contributed by atoms with van der Waals surface area (Å²) in [6.45, 7) is 5.93. The van der Waals surface area contributed by atoms with Gasteiger partial charge in [-0.05, 0) is 59.6 Å². The van der Waals surface area contributed by atoms with Crippen LogP contribution in [0.4, 0.5) is 8.78 Å². The van der Waals surface area contributed by atoms with Crippen LogP contribution in [-0.2, 0) is 11.3 Å². The van der Waals surface area contributed by atoms with Crippen LogP contribution in [-0.4, -0.2) is 47.5 Å². The van der Waals surface area contributed by atoms with Crippen molar-refractivity contribution in [1.82, 2.24) is 9.80 Å². The summed E-state index contributed by atoms with van der Waals surface area (Å²) in [5.41, 5.74) is 1.04. The minimum Gasteiger partial charge on any atom is -0.482 e. The van der Waals surface area contributed by atoms with Crippen LogP contribution in [0.2, 0.25) is 0 Å². The molecule has 0 spiro atoms. The molecule has 3 rings (SSSR count). The molecule has 2 atom stereocenters. The molecule has 0 N–H and O–H groups in total. The second kappa shape index (κ2) is 9.01.